The number of benzene rings is 2. The van der Waals surface area contributed by atoms with Gasteiger partial charge in [0.15, 0.2) is 0 Å². The predicted molar refractivity (Wildman–Crippen MR) is 76.2 cm³/mol. The number of aromatic nitrogens is 3. The molecule has 1 heterocycles. The van der Waals surface area contributed by atoms with Crippen LogP contribution in [-0.2, 0) is 0 Å². The third kappa shape index (κ3) is 2.49. The van der Waals surface area contributed by atoms with Gasteiger partial charge in [0.05, 0.1) is 35.1 Å². The van der Waals surface area contributed by atoms with Gasteiger partial charge >= 0.3 is 0 Å². The number of nitrogens with zero attached hydrogens (tertiary/aromatic N) is 5. The van der Waals surface area contributed by atoms with E-state index in [1.165, 1.54) is 0 Å². The highest BCUT2D eigenvalue weighted by atomic mass is 15.4. The van der Waals surface area contributed by atoms with E-state index in [9.17, 15) is 0 Å². The molecule has 0 saturated carbocycles. The largest absolute Gasteiger partial charge is 0.220 e. The van der Waals surface area contributed by atoms with Crippen molar-refractivity contribution in [3.8, 4) is 29.1 Å². The second kappa shape index (κ2) is 5.28. The van der Waals surface area contributed by atoms with E-state index >= 15 is 0 Å². The zero-order chi connectivity index (χ0) is 14.7. The normalized spacial score (nSPS) is 9.81. The quantitative estimate of drug-likeness (QED) is 0.717. The van der Waals surface area contributed by atoms with Gasteiger partial charge in [-0.15, -0.1) is 5.10 Å². The van der Waals surface area contributed by atoms with Gasteiger partial charge in [-0.05, 0) is 36.4 Å². The van der Waals surface area contributed by atoms with Crippen molar-refractivity contribution in [2.45, 2.75) is 0 Å². The van der Waals surface area contributed by atoms with Gasteiger partial charge in [0.25, 0.3) is 0 Å². The molecule has 5 nitrogen and oxygen atoms in total. The number of nitriles is 2. The van der Waals surface area contributed by atoms with E-state index < -0.39 is 0 Å². The smallest absolute Gasteiger partial charge is 0.113 e. The van der Waals surface area contributed by atoms with Gasteiger partial charge in [0.2, 0.25) is 0 Å². The topological polar surface area (TPSA) is 78.3 Å². The SMILES string of the molecule is N#Cc1ccc(-n2cc(-c3cccc(C#N)c3)nn2)cc1. The highest BCUT2D eigenvalue weighted by Gasteiger charge is 2.06. The Morgan fingerprint density at radius 2 is 1.67 bits per heavy atom. The molecule has 21 heavy (non-hydrogen) atoms. The first-order valence-electron chi connectivity index (χ1n) is 6.23. The standard InChI is InChI=1S/C16H9N5/c17-9-12-4-6-15(7-5-12)21-11-16(19-20-21)14-3-1-2-13(8-14)10-18/h1-8,11H. The van der Waals surface area contributed by atoms with E-state index in [1.54, 1.807) is 35.1 Å². The van der Waals surface area contributed by atoms with Crippen LogP contribution in [0.5, 0.6) is 0 Å². The summed E-state index contributed by atoms with van der Waals surface area (Å²) < 4.78 is 1.63. The Balaban J connectivity index is 1.96. The second-order valence-electron chi connectivity index (χ2n) is 4.40. The van der Waals surface area contributed by atoms with Crippen molar-refractivity contribution >= 4 is 0 Å². The van der Waals surface area contributed by atoms with Crippen LogP contribution in [0.25, 0.3) is 16.9 Å². The minimum atomic E-state index is 0.584. The summed E-state index contributed by atoms with van der Waals surface area (Å²) in [5.74, 6) is 0. The molecule has 0 aliphatic carbocycles. The molecule has 0 aliphatic heterocycles. The lowest BCUT2D eigenvalue weighted by molar-refractivity contribution is 0.804. The lowest BCUT2D eigenvalue weighted by Crippen LogP contribution is -1.94. The second-order valence-corrected chi connectivity index (χ2v) is 4.40. The Labute approximate surface area is 121 Å². The number of hydrogen-bond donors (Lipinski definition) is 0. The molecule has 98 valence electrons. The minimum Gasteiger partial charge on any atom is -0.220 e. The van der Waals surface area contributed by atoms with Crippen LogP contribution in [0.3, 0.4) is 0 Å². The van der Waals surface area contributed by atoms with Crippen molar-refractivity contribution in [2.24, 2.45) is 0 Å². The fourth-order valence-electron chi connectivity index (χ4n) is 1.96. The van der Waals surface area contributed by atoms with E-state index in [-0.39, 0.29) is 0 Å². The highest BCUT2D eigenvalue weighted by Crippen LogP contribution is 2.19. The first-order chi connectivity index (χ1) is 10.3. The number of hydrogen-bond acceptors (Lipinski definition) is 4. The summed E-state index contributed by atoms with van der Waals surface area (Å²) in [7, 11) is 0. The van der Waals surface area contributed by atoms with Crippen LogP contribution in [0.2, 0.25) is 0 Å². The first kappa shape index (κ1) is 12.6. The monoisotopic (exact) mass is 271 g/mol. The van der Waals surface area contributed by atoms with Crippen LogP contribution in [0.15, 0.2) is 54.7 Å². The van der Waals surface area contributed by atoms with Crippen LogP contribution in [-0.4, -0.2) is 15.0 Å². The van der Waals surface area contributed by atoms with Gasteiger partial charge in [0, 0.05) is 5.56 Å². The molecule has 3 rings (SSSR count). The maximum absolute atomic E-state index is 8.92. The summed E-state index contributed by atoms with van der Waals surface area (Å²) >= 11 is 0. The van der Waals surface area contributed by atoms with Crippen molar-refractivity contribution in [1.29, 1.82) is 10.5 Å². The molecule has 0 atom stereocenters. The van der Waals surface area contributed by atoms with Gasteiger partial charge in [-0.2, -0.15) is 10.5 Å². The maximum Gasteiger partial charge on any atom is 0.113 e. The van der Waals surface area contributed by atoms with Crippen molar-refractivity contribution in [3.05, 3.63) is 65.9 Å². The molecule has 0 N–H and O–H groups in total. The molecule has 5 heteroatoms. The van der Waals surface area contributed by atoms with Crippen LogP contribution >= 0.6 is 0 Å². The Kier molecular flexibility index (Phi) is 3.16. The molecule has 0 bridgehead atoms. The van der Waals surface area contributed by atoms with Crippen molar-refractivity contribution in [2.75, 3.05) is 0 Å². The zero-order valence-corrected chi connectivity index (χ0v) is 10.9. The molecule has 1 aromatic heterocycles. The molecule has 0 saturated heterocycles. The van der Waals surface area contributed by atoms with Gasteiger partial charge in [-0.3, -0.25) is 0 Å². The average molecular weight is 271 g/mol. The van der Waals surface area contributed by atoms with Gasteiger partial charge < -0.3 is 0 Å². The van der Waals surface area contributed by atoms with E-state index in [0.29, 0.717) is 16.8 Å². The molecule has 0 fully saturated rings. The first-order valence-corrected chi connectivity index (χ1v) is 6.23. The molecule has 0 aliphatic rings. The molecule has 0 amide bonds. The Hall–Kier alpha value is -3.44. The third-order valence-electron chi connectivity index (χ3n) is 3.04. The Bertz CT molecular complexity index is 863. The zero-order valence-electron chi connectivity index (χ0n) is 10.9. The van der Waals surface area contributed by atoms with E-state index in [0.717, 1.165) is 11.3 Å². The minimum absolute atomic E-state index is 0.584. The summed E-state index contributed by atoms with van der Waals surface area (Å²) in [5.41, 5.74) is 3.54. The van der Waals surface area contributed by atoms with Crippen LogP contribution in [0, 0.1) is 22.7 Å². The van der Waals surface area contributed by atoms with E-state index in [2.05, 4.69) is 22.5 Å². The van der Waals surface area contributed by atoms with Gasteiger partial charge in [0.1, 0.15) is 5.69 Å². The molecule has 3 aromatic rings. The van der Waals surface area contributed by atoms with Gasteiger partial charge in [-0.25, -0.2) is 4.68 Å². The van der Waals surface area contributed by atoms with Crippen molar-refractivity contribution in [1.82, 2.24) is 15.0 Å². The molecule has 0 radical (unpaired) electrons. The number of rotatable bonds is 2. The van der Waals surface area contributed by atoms with Gasteiger partial charge in [-0.1, -0.05) is 17.3 Å². The summed E-state index contributed by atoms with van der Waals surface area (Å²) in [6.45, 7) is 0. The van der Waals surface area contributed by atoms with Crippen LogP contribution in [0.1, 0.15) is 11.1 Å². The predicted octanol–water partition coefficient (Wildman–Crippen LogP) is 2.68. The summed E-state index contributed by atoms with van der Waals surface area (Å²) in [6, 6.07) is 18.5. The summed E-state index contributed by atoms with van der Waals surface area (Å²) in [4.78, 5) is 0. The highest BCUT2D eigenvalue weighted by molar-refractivity contribution is 5.60. The van der Waals surface area contributed by atoms with Crippen molar-refractivity contribution in [3.63, 3.8) is 0 Å². The summed E-state index contributed by atoms with van der Waals surface area (Å²) in [5, 5.41) is 25.9. The van der Waals surface area contributed by atoms with E-state index in [4.69, 9.17) is 10.5 Å². The Morgan fingerprint density at radius 3 is 2.38 bits per heavy atom. The Morgan fingerprint density at radius 1 is 0.905 bits per heavy atom. The van der Waals surface area contributed by atoms with Crippen LogP contribution in [0.4, 0.5) is 0 Å². The fraction of sp³-hybridized carbons (Fsp3) is 0. The lowest BCUT2D eigenvalue weighted by atomic mass is 10.1. The van der Waals surface area contributed by atoms with Crippen molar-refractivity contribution < 1.29 is 0 Å². The molecular weight excluding hydrogens is 262 g/mol. The fourth-order valence-corrected chi connectivity index (χ4v) is 1.96. The molecule has 2 aromatic carbocycles. The van der Waals surface area contributed by atoms with E-state index in [1.807, 2.05) is 24.3 Å². The van der Waals surface area contributed by atoms with Crippen LogP contribution < -0.4 is 0 Å². The average Bonchev–Trinajstić information content (AvgIpc) is 3.05. The molecule has 0 unspecified atom stereocenters. The third-order valence-corrected chi connectivity index (χ3v) is 3.04. The molecular formula is C16H9N5. The maximum atomic E-state index is 8.92. The molecule has 0 spiro atoms. The lowest BCUT2D eigenvalue weighted by Gasteiger charge is -1.99. The summed E-state index contributed by atoms with van der Waals surface area (Å²) in [6.07, 6.45) is 1.79.